The summed E-state index contributed by atoms with van der Waals surface area (Å²) in [5.41, 5.74) is 1.40. The Bertz CT molecular complexity index is 851. The van der Waals surface area contributed by atoms with E-state index in [-0.39, 0.29) is 5.76 Å². The fourth-order valence-corrected chi connectivity index (χ4v) is 2.45. The van der Waals surface area contributed by atoms with Crippen LogP contribution in [0.5, 0.6) is 11.5 Å². The summed E-state index contributed by atoms with van der Waals surface area (Å²) in [6.07, 6.45) is 0. The van der Waals surface area contributed by atoms with E-state index in [1.807, 2.05) is 54.4 Å². The van der Waals surface area contributed by atoms with Crippen molar-refractivity contribution < 1.29 is 13.9 Å². The van der Waals surface area contributed by atoms with Gasteiger partial charge in [0, 0.05) is 6.54 Å². The zero-order chi connectivity index (χ0) is 16.9. The summed E-state index contributed by atoms with van der Waals surface area (Å²) in [5.74, 6) is 1.24. The predicted molar refractivity (Wildman–Crippen MR) is 91.6 cm³/mol. The highest BCUT2D eigenvalue weighted by molar-refractivity contribution is 5.72. The van der Waals surface area contributed by atoms with Crippen LogP contribution in [0.25, 0.3) is 11.1 Å². The Morgan fingerprint density at radius 3 is 2.54 bits per heavy atom. The highest BCUT2D eigenvalue weighted by Crippen LogP contribution is 2.17. The Balaban J connectivity index is 1.56. The number of oxazole rings is 1. The molecule has 0 spiro atoms. The monoisotopic (exact) mass is 328 g/mol. The molecule has 24 heavy (non-hydrogen) atoms. The molecule has 0 bridgehead atoms. The van der Waals surface area contributed by atoms with Gasteiger partial charge in [0.05, 0.1) is 19.3 Å². The summed E-state index contributed by atoms with van der Waals surface area (Å²) in [5, 5.41) is 0. The second-order valence-electron chi connectivity index (χ2n) is 5.51. The molecule has 126 valence electrons. The summed E-state index contributed by atoms with van der Waals surface area (Å²) in [6, 6.07) is 14.9. The van der Waals surface area contributed by atoms with Crippen molar-refractivity contribution in [3.05, 3.63) is 59.1 Å². The van der Waals surface area contributed by atoms with E-state index in [9.17, 15) is 4.79 Å². The molecule has 0 unspecified atom stereocenters. The van der Waals surface area contributed by atoms with Crippen LogP contribution in [0.15, 0.2) is 57.7 Å². The fourth-order valence-electron chi connectivity index (χ4n) is 2.45. The molecule has 0 aliphatic carbocycles. The standard InChI is InChI=1S/C18H20N2O4/c1-19(11-12-23-15-9-7-14(22-2)8-10-15)13-20-16-5-3-4-6-17(16)24-18(20)21/h3-10H,11-13H2,1-2H3. The van der Waals surface area contributed by atoms with E-state index in [4.69, 9.17) is 13.9 Å². The minimum absolute atomic E-state index is 0.348. The Morgan fingerprint density at radius 1 is 1.08 bits per heavy atom. The van der Waals surface area contributed by atoms with Crippen LogP contribution in [0.2, 0.25) is 0 Å². The van der Waals surface area contributed by atoms with Crippen molar-refractivity contribution in [3.8, 4) is 11.5 Å². The van der Waals surface area contributed by atoms with Crippen molar-refractivity contribution in [1.82, 2.24) is 9.47 Å². The van der Waals surface area contributed by atoms with E-state index in [2.05, 4.69) is 0 Å². The summed E-state index contributed by atoms with van der Waals surface area (Å²) in [4.78, 5) is 14.0. The number of likely N-dealkylation sites (N-methyl/N-ethyl adjacent to an activating group) is 1. The van der Waals surface area contributed by atoms with E-state index in [1.165, 1.54) is 0 Å². The largest absolute Gasteiger partial charge is 0.497 e. The van der Waals surface area contributed by atoms with Crippen LogP contribution in [0.1, 0.15) is 0 Å². The molecule has 1 heterocycles. The maximum Gasteiger partial charge on any atom is 0.421 e. The maximum absolute atomic E-state index is 12.0. The fraction of sp³-hybridized carbons (Fsp3) is 0.278. The molecule has 2 aromatic carbocycles. The average molecular weight is 328 g/mol. The molecule has 3 rings (SSSR count). The first kappa shape index (κ1) is 16.1. The molecule has 0 saturated heterocycles. The van der Waals surface area contributed by atoms with Crippen LogP contribution < -0.4 is 15.2 Å². The summed E-state index contributed by atoms with van der Waals surface area (Å²) < 4.78 is 17.7. The lowest BCUT2D eigenvalue weighted by Crippen LogP contribution is -2.30. The van der Waals surface area contributed by atoms with Gasteiger partial charge in [-0.1, -0.05) is 12.1 Å². The van der Waals surface area contributed by atoms with Crippen LogP contribution >= 0.6 is 0 Å². The lowest BCUT2D eigenvalue weighted by molar-refractivity contribution is 0.203. The second kappa shape index (κ2) is 7.23. The molecular formula is C18H20N2O4. The van der Waals surface area contributed by atoms with E-state index in [0.717, 1.165) is 17.0 Å². The average Bonchev–Trinajstić information content (AvgIpc) is 2.91. The number of hydrogen-bond donors (Lipinski definition) is 0. The molecule has 0 fully saturated rings. The highest BCUT2D eigenvalue weighted by atomic mass is 16.5. The third kappa shape index (κ3) is 3.60. The van der Waals surface area contributed by atoms with Crippen LogP contribution in [0.4, 0.5) is 0 Å². The predicted octanol–water partition coefficient (Wildman–Crippen LogP) is 2.57. The molecule has 0 amide bonds. The van der Waals surface area contributed by atoms with Gasteiger partial charge in [-0.25, -0.2) is 4.79 Å². The van der Waals surface area contributed by atoms with Gasteiger partial charge in [-0.15, -0.1) is 0 Å². The van der Waals surface area contributed by atoms with Gasteiger partial charge in [-0.2, -0.15) is 0 Å². The Morgan fingerprint density at radius 2 is 1.79 bits per heavy atom. The van der Waals surface area contributed by atoms with E-state index < -0.39 is 0 Å². The van der Waals surface area contributed by atoms with Crippen molar-refractivity contribution in [2.45, 2.75) is 6.67 Å². The molecule has 3 aromatic rings. The van der Waals surface area contributed by atoms with Gasteiger partial charge in [0.15, 0.2) is 5.58 Å². The normalized spacial score (nSPS) is 11.1. The number of para-hydroxylation sites is 2. The van der Waals surface area contributed by atoms with Crippen LogP contribution in [-0.4, -0.2) is 36.8 Å². The zero-order valence-corrected chi connectivity index (χ0v) is 13.8. The Kier molecular flexibility index (Phi) is 4.86. The first-order valence-corrected chi connectivity index (χ1v) is 7.71. The van der Waals surface area contributed by atoms with Crippen molar-refractivity contribution >= 4 is 11.1 Å². The van der Waals surface area contributed by atoms with E-state index >= 15 is 0 Å². The van der Waals surface area contributed by atoms with Crippen LogP contribution in [-0.2, 0) is 6.67 Å². The number of hydrogen-bond acceptors (Lipinski definition) is 5. The minimum Gasteiger partial charge on any atom is -0.497 e. The van der Waals surface area contributed by atoms with Crippen molar-refractivity contribution in [2.24, 2.45) is 0 Å². The summed E-state index contributed by atoms with van der Waals surface area (Å²) in [7, 11) is 3.57. The van der Waals surface area contributed by atoms with E-state index in [0.29, 0.717) is 25.4 Å². The van der Waals surface area contributed by atoms with Crippen molar-refractivity contribution in [3.63, 3.8) is 0 Å². The maximum atomic E-state index is 12.0. The lowest BCUT2D eigenvalue weighted by Gasteiger charge is -2.17. The molecule has 0 radical (unpaired) electrons. The number of rotatable bonds is 7. The molecule has 6 heteroatoms. The molecule has 1 aromatic heterocycles. The van der Waals surface area contributed by atoms with Crippen LogP contribution in [0, 0.1) is 0 Å². The zero-order valence-electron chi connectivity index (χ0n) is 13.8. The molecule has 0 atom stereocenters. The number of nitrogens with zero attached hydrogens (tertiary/aromatic N) is 2. The molecule has 6 nitrogen and oxygen atoms in total. The first-order chi connectivity index (χ1) is 11.7. The van der Waals surface area contributed by atoms with Crippen LogP contribution in [0.3, 0.4) is 0 Å². The second-order valence-corrected chi connectivity index (χ2v) is 5.51. The van der Waals surface area contributed by atoms with Gasteiger partial charge in [-0.3, -0.25) is 9.47 Å². The summed E-state index contributed by atoms with van der Waals surface area (Å²) in [6.45, 7) is 1.65. The van der Waals surface area contributed by atoms with Gasteiger partial charge < -0.3 is 13.9 Å². The Hall–Kier alpha value is -2.73. The van der Waals surface area contributed by atoms with Gasteiger partial charge in [0.1, 0.15) is 18.1 Å². The topological polar surface area (TPSA) is 56.8 Å². The summed E-state index contributed by atoms with van der Waals surface area (Å²) >= 11 is 0. The quantitative estimate of drug-likeness (QED) is 0.667. The first-order valence-electron chi connectivity index (χ1n) is 7.71. The number of ether oxygens (including phenoxy) is 2. The Labute approximate surface area is 139 Å². The smallest absolute Gasteiger partial charge is 0.421 e. The number of fused-ring (bicyclic) bond motifs is 1. The van der Waals surface area contributed by atoms with Crippen molar-refractivity contribution in [1.29, 1.82) is 0 Å². The van der Waals surface area contributed by atoms with Gasteiger partial charge in [0.25, 0.3) is 0 Å². The number of aromatic nitrogens is 1. The third-order valence-electron chi connectivity index (χ3n) is 3.76. The molecular weight excluding hydrogens is 308 g/mol. The number of methoxy groups -OCH3 is 1. The van der Waals surface area contributed by atoms with Gasteiger partial charge in [-0.05, 0) is 43.4 Å². The molecule has 0 N–H and O–H groups in total. The number of benzene rings is 2. The van der Waals surface area contributed by atoms with E-state index in [1.54, 1.807) is 17.7 Å². The lowest BCUT2D eigenvalue weighted by atomic mass is 10.3. The molecule has 0 aliphatic heterocycles. The van der Waals surface area contributed by atoms with Gasteiger partial charge >= 0.3 is 5.76 Å². The van der Waals surface area contributed by atoms with Gasteiger partial charge in [0.2, 0.25) is 0 Å². The highest BCUT2D eigenvalue weighted by Gasteiger charge is 2.10. The third-order valence-corrected chi connectivity index (χ3v) is 3.76. The SMILES string of the molecule is COc1ccc(OCCN(C)Cn2c(=O)oc3ccccc32)cc1. The molecule has 0 saturated carbocycles. The molecule has 0 aliphatic rings. The minimum atomic E-state index is -0.348. The van der Waals surface area contributed by atoms with Crippen molar-refractivity contribution in [2.75, 3.05) is 27.3 Å².